The first-order valence-corrected chi connectivity index (χ1v) is 7.26. The van der Waals surface area contributed by atoms with Crippen molar-refractivity contribution in [1.29, 1.82) is 0 Å². The van der Waals surface area contributed by atoms with Crippen LogP contribution < -0.4 is 10.2 Å². The summed E-state index contributed by atoms with van der Waals surface area (Å²) in [7, 11) is 3.66. The van der Waals surface area contributed by atoms with Crippen molar-refractivity contribution in [3.05, 3.63) is 18.2 Å². The Morgan fingerprint density at radius 3 is 2.61 bits per heavy atom. The Balaban J connectivity index is 2.09. The molecular formula is C16H21N3O4. The summed E-state index contributed by atoms with van der Waals surface area (Å²) in [6.45, 7) is 3.51. The molecule has 2 aromatic rings. The number of hydrogen-bond donors (Lipinski definition) is 2. The maximum Gasteiger partial charge on any atom is 0.303 e. The Bertz CT molecular complexity index is 734. The number of carbonyl (C=O) groups excluding carboxylic acids is 1. The molecule has 0 aliphatic rings. The number of hydrogen-bond acceptors (Lipinski definition) is 5. The van der Waals surface area contributed by atoms with E-state index in [4.69, 9.17) is 9.52 Å². The van der Waals surface area contributed by atoms with Crippen LogP contribution in [0.3, 0.4) is 0 Å². The summed E-state index contributed by atoms with van der Waals surface area (Å²) >= 11 is 0. The molecule has 1 heterocycles. The van der Waals surface area contributed by atoms with Gasteiger partial charge in [-0.3, -0.25) is 9.59 Å². The van der Waals surface area contributed by atoms with Crippen LogP contribution in [0.1, 0.15) is 26.7 Å². The fourth-order valence-corrected chi connectivity index (χ4v) is 2.30. The van der Waals surface area contributed by atoms with Gasteiger partial charge in [-0.25, -0.2) is 0 Å². The van der Waals surface area contributed by atoms with Crippen molar-refractivity contribution >= 4 is 34.7 Å². The van der Waals surface area contributed by atoms with Crippen LogP contribution >= 0.6 is 0 Å². The number of carboxylic acid groups (broad SMARTS) is 1. The summed E-state index contributed by atoms with van der Waals surface area (Å²) in [4.78, 5) is 29.0. The number of carbonyl (C=O) groups is 2. The molecule has 7 nitrogen and oxygen atoms in total. The molecule has 124 valence electrons. The molecule has 0 saturated heterocycles. The maximum absolute atomic E-state index is 12.1. The average molecular weight is 319 g/mol. The van der Waals surface area contributed by atoms with Gasteiger partial charge in [-0.05, 0) is 23.6 Å². The smallest absolute Gasteiger partial charge is 0.303 e. The standard InChI is InChI=1S/C16H21N3O4/c1-16(2,9-14(21)22)8-13(20)17-10-5-6-12-11(7-10)18-15(23-12)19(3)4/h5-7H,8-9H2,1-4H3,(H,17,20)(H,21,22). The highest BCUT2D eigenvalue weighted by Crippen LogP contribution is 2.27. The van der Waals surface area contributed by atoms with Gasteiger partial charge in [0.25, 0.3) is 6.01 Å². The van der Waals surface area contributed by atoms with Crippen LogP contribution in [0.2, 0.25) is 0 Å². The summed E-state index contributed by atoms with van der Waals surface area (Å²) in [6, 6.07) is 5.70. The van der Waals surface area contributed by atoms with E-state index in [-0.39, 0.29) is 18.7 Å². The van der Waals surface area contributed by atoms with Gasteiger partial charge in [-0.1, -0.05) is 13.8 Å². The Kier molecular flexibility index (Phi) is 4.58. The fraction of sp³-hybridized carbons (Fsp3) is 0.438. The monoisotopic (exact) mass is 319 g/mol. The van der Waals surface area contributed by atoms with E-state index in [2.05, 4.69) is 10.3 Å². The van der Waals surface area contributed by atoms with Crippen LogP contribution in [-0.4, -0.2) is 36.1 Å². The summed E-state index contributed by atoms with van der Waals surface area (Å²) in [5, 5.41) is 11.6. The number of oxazole rings is 1. The second-order valence-electron chi connectivity index (χ2n) is 6.53. The van der Waals surface area contributed by atoms with Crippen LogP contribution in [-0.2, 0) is 9.59 Å². The minimum atomic E-state index is -0.914. The maximum atomic E-state index is 12.1. The third-order valence-corrected chi connectivity index (χ3v) is 3.31. The molecule has 7 heteroatoms. The second-order valence-corrected chi connectivity index (χ2v) is 6.53. The average Bonchev–Trinajstić information content (AvgIpc) is 2.79. The van der Waals surface area contributed by atoms with Crippen molar-refractivity contribution in [3.8, 4) is 0 Å². The molecule has 1 aromatic heterocycles. The van der Waals surface area contributed by atoms with Crippen molar-refractivity contribution < 1.29 is 19.1 Å². The van der Waals surface area contributed by atoms with Gasteiger partial charge in [0.2, 0.25) is 5.91 Å². The van der Waals surface area contributed by atoms with Gasteiger partial charge in [0, 0.05) is 26.2 Å². The Hall–Kier alpha value is -2.57. The lowest BCUT2D eigenvalue weighted by Gasteiger charge is -2.21. The Morgan fingerprint density at radius 2 is 2.00 bits per heavy atom. The molecule has 0 bridgehead atoms. The molecule has 2 N–H and O–H groups in total. The number of amides is 1. The van der Waals surface area contributed by atoms with Crippen LogP contribution in [0.25, 0.3) is 11.1 Å². The molecule has 0 aliphatic carbocycles. The highest BCUT2D eigenvalue weighted by Gasteiger charge is 2.25. The van der Waals surface area contributed by atoms with Crippen LogP contribution in [0.4, 0.5) is 11.7 Å². The third kappa shape index (κ3) is 4.45. The van der Waals surface area contributed by atoms with E-state index in [1.807, 2.05) is 14.1 Å². The van der Waals surface area contributed by atoms with Gasteiger partial charge in [-0.15, -0.1) is 0 Å². The molecule has 0 fully saturated rings. The highest BCUT2D eigenvalue weighted by atomic mass is 16.4. The fourth-order valence-electron chi connectivity index (χ4n) is 2.30. The summed E-state index contributed by atoms with van der Waals surface area (Å²) in [5.74, 6) is -1.14. The van der Waals surface area contributed by atoms with Crippen LogP contribution in [0, 0.1) is 5.41 Å². The zero-order valence-electron chi connectivity index (χ0n) is 13.7. The SMILES string of the molecule is CN(C)c1nc2cc(NC(=O)CC(C)(C)CC(=O)O)ccc2o1. The van der Waals surface area contributed by atoms with Crippen molar-refractivity contribution in [2.75, 3.05) is 24.3 Å². The van der Waals surface area contributed by atoms with E-state index in [1.165, 1.54) is 0 Å². The van der Waals surface area contributed by atoms with Gasteiger partial charge in [-0.2, -0.15) is 4.98 Å². The van der Waals surface area contributed by atoms with E-state index in [1.54, 1.807) is 36.9 Å². The molecule has 23 heavy (non-hydrogen) atoms. The molecule has 2 rings (SSSR count). The minimum Gasteiger partial charge on any atom is -0.481 e. The van der Waals surface area contributed by atoms with Crippen LogP contribution in [0.15, 0.2) is 22.6 Å². The zero-order chi connectivity index (χ0) is 17.2. The lowest BCUT2D eigenvalue weighted by atomic mass is 9.85. The predicted molar refractivity (Wildman–Crippen MR) is 87.6 cm³/mol. The number of nitrogens with one attached hydrogen (secondary N) is 1. The lowest BCUT2D eigenvalue weighted by molar-refractivity contribution is -0.139. The van der Waals surface area contributed by atoms with Crippen molar-refractivity contribution in [2.24, 2.45) is 5.41 Å². The number of carboxylic acids is 1. The number of benzene rings is 1. The van der Waals surface area contributed by atoms with E-state index < -0.39 is 11.4 Å². The molecule has 0 saturated carbocycles. The number of anilines is 2. The van der Waals surface area contributed by atoms with Gasteiger partial charge >= 0.3 is 5.97 Å². The molecule has 1 amide bonds. The molecular weight excluding hydrogens is 298 g/mol. The second kappa shape index (κ2) is 6.28. The topological polar surface area (TPSA) is 95.7 Å². The van der Waals surface area contributed by atoms with Crippen molar-refractivity contribution in [1.82, 2.24) is 4.98 Å². The number of aliphatic carboxylic acids is 1. The Labute approximate surface area is 134 Å². The quantitative estimate of drug-likeness (QED) is 0.850. The van der Waals surface area contributed by atoms with Gasteiger partial charge in [0.05, 0.1) is 6.42 Å². The first kappa shape index (κ1) is 16.8. The zero-order valence-corrected chi connectivity index (χ0v) is 13.7. The molecule has 0 aliphatic heterocycles. The molecule has 0 atom stereocenters. The summed E-state index contributed by atoms with van der Waals surface area (Å²) in [5.41, 5.74) is 1.29. The predicted octanol–water partition coefficient (Wildman–Crippen LogP) is 2.72. The summed E-state index contributed by atoms with van der Waals surface area (Å²) in [6.07, 6.45) is 0.0635. The number of aromatic nitrogens is 1. The molecule has 0 spiro atoms. The minimum absolute atomic E-state index is 0.0606. The van der Waals surface area contributed by atoms with Crippen molar-refractivity contribution in [2.45, 2.75) is 26.7 Å². The van der Waals surface area contributed by atoms with Crippen molar-refractivity contribution in [3.63, 3.8) is 0 Å². The molecule has 1 aromatic carbocycles. The first-order valence-electron chi connectivity index (χ1n) is 7.26. The summed E-state index contributed by atoms with van der Waals surface area (Å²) < 4.78 is 5.55. The van der Waals surface area contributed by atoms with Crippen LogP contribution in [0.5, 0.6) is 0 Å². The van der Waals surface area contributed by atoms with Gasteiger partial charge in [0.1, 0.15) is 5.52 Å². The van der Waals surface area contributed by atoms with E-state index >= 15 is 0 Å². The first-order chi connectivity index (χ1) is 10.7. The number of nitrogens with zero attached hydrogens (tertiary/aromatic N) is 2. The Morgan fingerprint density at radius 1 is 1.30 bits per heavy atom. The number of rotatable bonds is 6. The molecule has 0 unspecified atom stereocenters. The highest BCUT2D eigenvalue weighted by molar-refractivity contribution is 5.93. The van der Waals surface area contributed by atoms with Gasteiger partial charge < -0.3 is 19.7 Å². The van der Waals surface area contributed by atoms with E-state index in [9.17, 15) is 9.59 Å². The van der Waals surface area contributed by atoms with E-state index in [0.29, 0.717) is 22.8 Å². The lowest BCUT2D eigenvalue weighted by Crippen LogP contribution is -2.24. The molecule has 0 radical (unpaired) electrons. The third-order valence-electron chi connectivity index (χ3n) is 3.31. The van der Waals surface area contributed by atoms with Gasteiger partial charge in [0.15, 0.2) is 5.58 Å². The van der Waals surface area contributed by atoms with E-state index in [0.717, 1.165) is 0 Å². The number of fused-ring (bicyclic) bond motifs is 1. The normalized spacial score (nSPS) is 11.5. The largest absolute Gasteiger partial charge is 0.481 e.